The summed E-state index contributed by atoms with van der Waals surface area (Å²) in [4.78, 5) is 27.5. The van der Waals surface area contributed by atoms with Gasteiger partial charge < -0.3 is 9.47 Å². The highest BCUT2D eigenvalue weighted by Crippen LogP contribution is 2.22. The second kappa shape index (κ2) is 9.59. The lowest BCUT2D eigenvalue weighted by atomic mass is 10.1. The summed E-state index contributed by atoms with van der Waals surface area (Å²) in [6.45, 7) is 4.08. The smallest absolute Gasteiger partial charge is 0.274 e. The van der Waals surface area contributed by atoms with E-state index in [4.69, 9.17) is 0 Å². The fourth-order valence-corrected chi connectivity index (χ4v) is 4.14. The standard InChI is InChI=1S/C26H26F2N4O2/c1-4-8-20-23(29-32-24(33)13-17(2)30(3)25(20)32)16-31(15-18-9-6-5-7-10-18)26(34)21-14-19(27)11-12-22(21)28/h5-7,9-14H,4,8,15-16H2,1-3H3. The molecule has 0 saturated carbocycles. The molecule has 34 heavy (non-hydrogen) atoms. The maximum atomic E-state index is 14.5. The molecular formula is C26H26F2N4O2. The fraction of sp³-hybridized carbons (Fsp3) is 0.269. The van der Waals surface area contributed by atoms with Crippen molar-refractivity contribution in [1.82, 2.24) is 19.1 Å². The van der Waals surface area contributed by atoms with Crippen LogP contribution in [0.4, 0.5) is 8.78 Å². The predicted molar refractivity (Wildman–Crippen MR) is 126 cm³/mol. The molecule has 2 aromatic carbocycles. The average molecular weight is 465 g/mol. The van der Waals surface area contributed by atoms with Gasteiger partial charge in [-0.2, -0.15) is 9.61 Å². The molecule has 0 aliphatic carbocycles. The van der Waals surface area contributed by atoms with Gasteiger partial charge in [-0.15, -0.1) is 0 Å². The van der Waals surface area contributed by atoms with E-state index in [0.29, 0.717) is 17.8 Å². The number of benzene rings is 2. The minimum absolute atomic E-state index is 0.0409. The van der Waals surface area contributed by atoms with Crippen LogP contribution in [0.25, 0.3) is 5.65 Å². The normalized spacial score (nSPS) is 11.2. The zero-order chi connectivity index (χ0) is 24.4. The first kappa shape index (κ1) is 23.4. The van der Waals surface area contributed by atoms with Gasteiger partial charge in [0.2, 0.25) is 0 Å². The molecule has 0 aliphatic rings. The van der Waals surface area contributed by atoms with E-state index in [9.17, 15) is 18.4 Å². The van der Waals surface area contributed by atoms with E-state index in [1.165, 1.54) is 15.5 Å². The van der Waals surface area contributed by atoms with Gasteiger partial charge in [0.25, 0.3) is 11.5 Å². The summed E-state index contributed by atoms with van der Waals surface area (Å²) >= 11 is 0. The van der Waals surface area contributed by atoms with E-state index >= 15 is 0 Å². The summed E-state index contributed by atoms with van der Waals surface area (Å²) in [7, 11) is 1.86. The molecule has 0 aliphatic heterocycles. The maximum absolute atomic E-state index is 14.5. The number of rotatable bonds is 7. The minimum Gasteiger partial charge on any atom is -0.333 e. The van der Waals surface area contributed by atoms with E-state index < -0.39 is 17.5 Å². The van der Waals surface area contributed by atoms with Crippen molar-refractivity contribution in [2.75, 3.05) is 0 Å². The molecule has 8 heteroatoms. The quantitative estimate of drug-likeness (QED) is 0.407. The number of fused-ring (bicyclic) bond motifs is 1. The molecule has 0 radical (unpaired) electrons. The molecule has 0 saturated heterocycles. The summed E-state index contributed by atoms with van der Waals surface area (Å²) in [5.74, 6) is -2.14. The molecular weight excluding hydrogens is 438 g/mol. The van der Waals surface area contributed by atoms with Crippen molar-refractivity contribution in [1.29, 1.82) is 0 Å². The molecule has 2 heterocycles. The number of hydrogen-bond acceptors (Lipinski definition) is 3. The summed E-state index contributed by atoms with van der Waals surface area (Å²) in [6, 6.07) is 13.6. The predicted octanol–water partition coefficient (Wildman–Crippen LogP) is 4.41. The Labute approximate surface area is 196 Å². The Morgan fingerprint density at radius 3 is 2.50 bits per heavy atom. The Morgan fingerprint density at radius 1 is 1.06 bits per heavy atom. The number of carbonyl (C=O) groups excluding carboxylic acids is 1. The molecule has 176 valence electrons. The lowest BCUT2D eigenvalue weighted by Crippen LogP contribution is -2.31. The van der Waals surface area contributed by atoms with Gasteiger partial charge >= 0.3 is 0 Å². The van der Waals surface area contributed by atoms with E-state index in [0.717, 1.165) is 41.4 Å². The van der Waals surface area contributed by atoms with E-state index in [1.807, 2.05) is 55.8 Å². The second-order valence-corrected chi connectivity index (χ2v) is 8.36. The molecule has 0 N–H and O–H groups in total. The van der Waals surface area contributed by atoms with Crippen LogP contribution in [0.5, 0.6) is 0 Å². The first-order chi connectivity index (χ1) is 16.3. The van der Waals surface area contributed by atoms with Crippen LogP contribution in [-0.4, -0.2) is 25.0 Å². The van der Waals surface area contributed by atoms with Crippen LogP contribution in [0.15, 0.2) is 59.4 Å². The number of nitrogens with zero attached hydrogens (tertiary/aromatic N) is 4. The van der Waals surface area contributed by atoms with Gasteiger partial charge in [0, 0.05) is 30.9 Å². The summed E-state index contributed by atoms with van der Waals surface area (Å²) in [5, 5.41) is 4.55. The van der Waals surface area contributed by atoms with Gasteiger partial charge in [-0.3, -0.25) is 9.59 Å². The third-order valence-corrected chi connectivity index (χ3v) is 5.93. The highest BCUT2D eigenvalue weighted by atomic mass is 19.1. The van der Waals surface area contributed by atoms with E-state index in [2.05, 4.69) is 5.10 Å². The minimum atomic E-state index is -0.794. The largest absolute Gasteiger partial charge is 0.333 e. The van der Waals surface area contributed by atoms with Gasteiger partial charge in [0.05, 0.1) is 17.8 Å². The molecule has 0 unspecified atom stereocenters. The number of amides is 1. The van der Waals surface area contributed by atoms with Crippen LogP contribution in [0, 0.1) is 18.6 Å². The van der Waals surface area contributed by atoms with Crippen molar-refractivity contribution in [3.63, 3.8) is 0 Å². The second-order valence-electron chi connectivity index (χ2n) is 8.36. The molecule has 0 atom stereocenters. The van der Waals surface area contributed by atoms with Crippen LogP contribution >= 0.6 is 0 Å². The molecule has 4 aromatic rings. The maximum Gasteiger partial charge on any atom is 0.274 e. The van der Waals surface area contributed by atoms with Gasteiger partial charge in [-0.1, -0.05) is 43.7 Å². The number of halogens is 2. The Balaban J connectivity index is 1.83. The Kier molecular flexibility index (Phi) is 6.58. The molecule has 1 amide bonds. The lowest BCUT2D eigenvalue weighted by Gasteiger charge is -2.23. The van der Waals surface area contributed by atoms with Crippen LogP contribution in [0.1, 0.15) is 46.2 Å². The zero-order valence-electron chi connectivity index (χ0n) is 19.4. The molecule has 4 rings (SSSR count). The summed E-state index contributed by atoms with van der Waals surface area (Å²) < 4.78 is 31.6. The topological polar surface area (TPSA) is 59.6 Å². The molecule has 0 bridgehead atoms. The van der Waals surface area contributed by atoms with Gasteiger partial charge in [-0.25, -0.2) is 8.78 Å². The lowest BCUT2D eigenvalue weighted by molar-refractivity contribution is 0.0722. The Morgan fingerprint density at radius 2 is 1.79 bits per heavy atom. The van der Waals surface area contributed by atoms with E-state index in [-0.39, 0.29) is 24.2 Å². The van der Waals surface area contributed by atoms with Crippen LogP contribution in [-0.2, 0) is 26.6 Å². The van der Waals surface area contributed by atoms with Crippen molar-refractivity contribution in [2.45, 2.75) is 39.8 Å². The number of hydrogen-bond donors (Lipinski definition) is 0. The van der Waals surface area contributed by atoms with Crippen LogP contribution in [0.2, 0.25) is 0 Å². The fourth-order valence-electron chi connectivity index (χ4n) is 4.14. The Hall–Kier alpha value is -3.81. The van der Waals surface area contributed by atoms with Crippen molar-refractivity contribution >= 4 is 11.6 Å². The molecule has 2 aromatic heterocycles. The van der Waals surface area contributed by atoms with Crippen LogP contribution in [0.3, 0.4) is 0 Å². The van der Waals surface area contributed by atoms with Crippen molar-refractivity contribution in [2.24, 2.45) is 7.05 Å². The van der Waals surface area contributed by atoms with Gasteiger partial charge in [-0.05, 0) is 37.1 Å². The van der Waals surface area contributed by atoms with Gasteiger partial charge in [0.1, 0.15) is 17.3 Å². The molecule has 0 fully saturated rings. The van der Waals surface area contributed by atoms with Crippen molar-refractivity contribution in [3.05, 3.63) is 105 Å². The zero-order valence-corrected chi connectivity index (χ0v) is 19.4. The Bertz CT molecular complexity index is 1410. The first-order valence-corrected chi connectivity index (χ1v) is 11.2. The number of carbonyl (C=O) groups is 1. The molecule has 0 spiro atoms. The molecule has 6 nitrogen and oxygen atoms in total. The first-order valence-electron chi connectivity index (χ1n) is 11.2. The van der Waals surface area contributed by atoms with Crippen molar-refractivity contribution < 1.29 is 13.6 Å². The van der Waals surface area contributed by atoms with Gasteiger partial charge in [0.15, 0.2) is 0 Å². The highest BCUT2D eigenvalue weighted by molar-refractivity contribution is 5.94. The van der Waals surface area contributed by atoms with E-state index in [1.54, 1.807) is 0 Å². The third-order valence-electron chi connectivity index (χ3n) is 5.93. The third kappa shape index (κ3) is 4.48. The SMILES string of the molecule is CCCc1c(CN(Cc2ccccc2)C(=O)c2cc(F)ccc2F)nn2c(=O)cc(C)n(C)c12. The van der Waals surface area contributed by atoms with Crippen molar-refractivity contribution in [3.8, 4) is 0 Å². The van der Waals surface area contributed by atoms with Crippen LogP contribution < -0.4 is 5.56 Å². The average Bonchev–Trinajstić information content (AvgIpc) is 3.18. The monoisotopic (exact) mass is 464 g/mol. The number of aromatic nitrogens is 3. The summed E-state index contributed by atoms with van der Waals surface area (Å²) in [6.07, 6.45) is 1.46. The summed E-state index contributed by atoms with van der Waals surface area (Å²) in [5.41, 5.74) is 3.11. The highest BCUT2D eigenvalue weighted by Gasteiger charge is 2.25. The number of aryl methyl sites for hydroxylation is 3.